The zero-order valence-corrected chi connectivity index (χ0v) is 16.8. The first-order valence-electron chi connectivity index (χ1n) is 8.94. The van der Waals surface area contributed by atoms with Crippen molar-refractivity contribution < 1.29 is 4.79 Å². The molecule has 3 rings (SSSR count). The number of aromatic nitrogens is 4. The Morgan fingerprint density at radius 2 is 1.90 bits per heavy atom. The van der Waals surface area contributed by atoms with E-state index in [4.69, 9.17) is 0 Å². The molecule has 9 heteroatoms. The monoisotopic (exact) mass is 394 g/mol. The van der Waals surface area contributed by atoms with Gasteiger partial charge in [0.15, 0.2) is 11.2 Å². The molecule has 0 aliphatic carbocycles. The van der Waals surface area contributed by atoms with Gasteiger partial charge in [-0.2, -0.15) is 0 Å². The van der Waals surface area contributed by atoms with Crippen LogP contribution in [0.2, 0.25) is 0 Å². The summed E-state index contributed by atoms with van der Waals surface area (Å²) in [6.07, 6.45) is 1.38. The highest BCUT2D eigenvalue weighted by Crippen LogP contribution is 2.16. The highest BCUT2D eigenvalue weighted by Gasteiger charge is 2.15. The molecular weight excluding hydrogens is 372 g/mol. The maximum Gasteiger partial charge on any atom is 0.332 e. The Kier molecular flexibility index (Phi) is 5.54. The number of anilines is 1. The number of carbonyl (C=O) groups excluding carboxylic acids is 1. The van der Waals surface area contributed by atoms with Crippen LogP contribution >= 0.6 is 0 Å². The van der Waals surface area contributed by atoms with Crippen molar-refractivity contribution >= 4 is 22.8 Å². The maximum atomic E-state index is 12.4. The van der Waals surface area contributed by atoms with Crippen molar-refractivity contribution in [3.8, 4) is 11.8 Å². The molecule has 0 aliphatic rings. The molecule has 2 heterocycles. The molecule has 0 saturated carbocycles. The van der Waals surface area contributed by atoms with E-state index in [-0.39, 0.29) is 30.2 Å². The number of carbonyl (C=O) groups is 1. The molecule has 29 heavy (non-hydrogen) atoms. The number of para-hydroxylation sites is 1. The molecule has 0 fully saturated rings. The van der Waals surface area contributed by atoms with E-state index in [0.29, 0.717) is 0 Å². The predicted molar refractivity (Wildman–Crippen MR) is 111 cm³/mol. The third-order valence-corrected chi connectivity index (χ3v) is 4.51. The van der Waals surface area contributed by atoms with Crippen LogP contribution in [0.15, 0.2) is 40.2 Å². The molecule has 3 aromatic rings. The second kappa shape index (κ2) is 8.06. The van der Waals surface area contributed by atoms with Crippen molar-refractivity contribution in [1.29, 1.82) is 0 Å². The number of hydrogen-bond acceptors (Lipinski definition) is 5. The zero-order chi connectivity index (χ0) is 21.1. The average Bonchev–Trinajstić information content (AvgIpc) is 3.11. The van der Waals surface area contributed by atoms with Crippen molar-refractivity contribution in [3.05, 3.63) is 57.0 Å². The van der Waals surface area contributed by atoms with Gasteiger partial charge in [0.1, 0.15) is 6.54 Å². The van der Waals surface area contributed by atoms with Gasteiger partial charge >= 0.3 is 5.69 Å². The van der Waals surface area contributed by atoms with Crippen LogP contribution in [-0.2, 0) is 25.4 Å². The van der Waals surface area contributed by atoms with Gasteiger partial charge in [-0.25, -0.2) is 9.78 Å². The fourth-order valence-corrected chi connectivity index (χ4v) is 2.98. The van der Waals surface area contributed by atoms with Gasteiger partial charge in [-0.15, -0.1) is 0 Å². The molecule has 1 N–H and O–H groups in total. The van der Waals surface area contributed by atoms with Crippen molar-refractivity contribution in [1.82, 2.24) is 24.0 Å². The second-order valence-electron chi connectivity index (χ2n) is 6.74. The lowest BCUT2D eigenvalue weighted by atomic mass is 10.1. The molecule has 0 spiro atoms. The summed E-state index contributed by atoms with van der Waals surface area (Å²) in [5, 5.41) is 2.71. The molecule has 0 aliphatic heterocycles. The minimum atomic E-state index is -0.492. The second-order valence-corrected chi connectivity index (χ2v) is 6.74. The van der Waals surface area contributed by atoms with Crippen LogP contribution in [0, 0.1) is 11.8 Å². The van der Waals surface area contributed by atoms with Gasteiger partial charge in [0.25, 0.3) is 5.56 Å². The number of rotatable bonds is 4. The summed E-state index contributed by atoms with van der Waals surface area (Å²) in [4.78, 5) is 42.7. The first-order chi connectivity index (χ1) is 13.8. The third-order valence-electron chi connectivity index (χ3n) is 4.51. The standard InChI is InChI=1S/C20H22N6O3/c1-23(2)15-10-6-5-8-14(15)9-7-11-21-16(27)12-26-13-22-18-17(26)19(28)25(4)20(29)24(18)3/h5-6,8,10,13H,11-12H2,1-4H3,(H,21,27). The van der Waals surface area contributed by atoms with E-state index in [9.17, 15) is 14.4 Å². The fourth-order valence-electron chi connectivity index (χ4n) is 2.98. The third kappa shape index (κ3) is 3.91. The first-order valence-corrected chi connectivity index (χ1v) is 8.94. The van der Waals surface area contributed by atoms with Crippen LogP contribution in [0.25, 0.3) is 11.2 Å². The molecule has 9 nitrogen and oxygen atoms in total. The molecule has 0 atom stereocenters. The van der Waals surface area contributed by atoms with E-state index in [0.717, 1.165) is 15.8 Å². The number of imidazole rings is 1. The van der Waals surface area contributed by atoms with Crippen molar-refractivity contribution in [2.45, 2.75) is 6.54 Å². The lowest BCUT2D eigenvalue weighted by Crippen LogP contribution is -2.38. The van der Waals surface area contributed by atoms with E-state index in [1.807, 2.05) is 43.3 Å². The van der Waals surface area contributed by atoms with Crippen LogP contribution < -0.4 is 21.5 Å². The van der Waals surface area contributed by atoms with Gasteiger partial charge in [0.2, 0.25) is 5.91 Å². The SMILES string of the molecule is CN(C)c1ccccc1C#CCNC(=O)Cn1cnc2c1c(=O)n(C)c(=O)n2C. The minimum absolute atomic E-state index is 0.0973. The van der Waals surface area contributed by atoms with Crippen molar-refractivity contribution in [2.75, 3.05) is 25.5 Å². The van der Waals surface area contributed by atoms with Crippen LogP contribution in [0.4, 0.5) is 5.69 Å². The van der Waals surface area contributed by atoms with E-state index >= 15 is 0 Å². The number of nitrogens with zero attached hydrogens (tertiary/aromatic N) is 5. The van der Waals surface area contributed by atoms with Gasteiger partial charge in [0, 0.05) is 33.8 Å². The van der Waals surface area contributed by atoms with E-state index in [1.165, 1.54) is 29.6 Å². The number of fused-ring (bicyclic) bond motifs is 1. The Morgan fingerprint density at radius 3 is 2.62 bits per heavy atom. The Labute approximate surface area is 167 Å². The minimum Gasteiger partial charge on any atom is -0.377 e. The van der Waals surface area contributed by atoms with Gasteiger partial charge in [-0.1, -0.05) is 24.0 Å². The molecule has 0 radical (unpaired) electrons. The predicted octanol–water partition coefficient (Wildman–Crippen LogP) is -0.332. The smallest absolute Gasteiger partial charge is 0.332 e. The maximum absolute atomic E-state index is 12.4. The number of benzene rings is 1. The zero-order valence-electron chi connectivity index (χ0n) is 16.8. The lowest BCUT2D eigenvalue weighted by Gasteiger charge is -2.13. The highest BCUT2D eigenvalue weighted by atomic mass is 16.2. The van der Waals surface area contributed by atoms with Crippen LogP contribution in [0.5, 0.6) is 0 Å². The van der Waals surface area contributed by atoms with Crippen molar-refractivity contribution in [2.24, 2.45) is 14.1 Å². The summed E-state index contributed by atoms with van der Waals surface area (Å²) in [6, 6.07) is 7.74. The van der Waals surface area contributed by atoms with Gasteiger partial charge < -0.3 is 14.8 Å². The van der Waals surface area contributed by atoms with Gasteiger partial charge in [0.05, 0.1) is 18.6 Å². The normalized spacial score (nSPS) is 10.5. The van der Waals surface area contributed by atoms with E-state index in [2.05, 4.69) is 22.1 Å². The molecule has 2 aromatic heterocycles. The molecule has 1 aromatic carbocycles. The van der Waals surface area contributed by atoms with Gasteiger partial charge in [-0.3, -0.25) is 18.7 Å². The molecule has 0 bridgehead atoms. The summed E-state index contributed by atoms with van der Waals surface area (Å²) >= 11 is 0. The number of amides is 1. The molecular formula is C20H22N6O3. The summed E-state index contributed by atoms with van der Waals surface area (Å²) in [7, 11) is 6.81. The lowest BCUT2D eigenvalue weighted by molar-refractivity contribution is -0.121. The Bertz CT molecular complexity index is 1250. The molecule has 1 amide bonds. The van der Waals surface area contributed by atoms with Gasteiger partial charge in [-0.05, 0) is 12.1 Å². The van der Waals surface area contributed by atoms with E-state index < -0.39 is 11.2 Å². The average molecular weight is 394 g/mol. The summed E-state index contributed by atoms with van der Waals surface area (Å²) in [5.41, 5.74) is 1.36. The molecule has 0 saturated heterocycles. The Morgan fingerprint density at radius 1 is 1.17 bits per heavy atom. The molecule has 150 valence electrons. The molecule has 0 unspecified atom stereocenters. The van der Waals surface area contributed by atoms with E-state index in [1.54, 1.807) is 0 Å². The summed E-state index contributed by atoms with van der Waals surface area (Å²) in [5.74, 6) is 5.68. The quantitative estimate of drug-likeness (QED) is 0.612. The topological polar surface area (TPSA) is 94.2 Å². The summed E-state index contributed by atoms with van der Waals surface area (Å²) < 4.78 is 3.70. The van der Waals surface area contributed by atoms with Crippen LogP contribution in [-0.4, -0.2) is 45.2 Å². The Balaban J connectivity index is 1.72. The highest BCUT2D eigenvalue weighted by molar-refractivity contribution is 5.79. The Hall–Kier alpha value is -3.80. The number of nitrogens with one attached hydrogen (secondary N) is 1. The largest absolute Gasteiger partial charge is 0.377 e. The van der Waals surface area contributed by atoms with Crippen molar-refractivity contribution in [3.63, 3.8) is 0 Å². The fraction of sp³-hybridized carbons (Fsp3) is 0.300. The number of aryl methyl sites for hydroxylation is 1. The van der Waals surface area contributed by atoms with Crippen LogP contribution in [0.3, 0.4) is 0 Å². The van der Waals surface area contributed by atoms with Crippen LogP contribution in [0.1, 0.15) is 5.56 Å². The number of hydrogen-bond donors (Lipinski definition) is 1. The summed E-state index contributed by atoms with van der Waals surface area (Å²) in [6.45, 7) is 0.0730. The first kappa shape index (κ1) is 19.9.